The van der Waals surface area contributed by atoms with Crippen molar-refractivity contribution in [2.24, 2.45) is 4.99 Å². The average Bonchev–Trinajstić information content (AvgIpc) is 3.75. The number of benzene rings is 5. The van der Waals surface area contributed by atoms with Gasteiger partial charge in [0.1, 0.15) is 18.1 Å². The quantitative estimate of drug-likeness (QED) is 0.135. The number of hydrogen-bond donors (Lipinski definition) is 0. The van der Waals surface area contributed by atoms with E-state index in [4.69, 9.17) is 18.9 Å². The predicted molar refractivity (Wildman–Crippen MR) is 203 cm³/mol. The van der Waals surface area contributed by atoms with Gasteiger partial charge in [-0.1, -0.05) is 42.5 Å². The highest BCUT2D eigenvalue weighted by atomic mass is 16.5. The normalized spacial score (nSPS) is 15.3. The number of rotatable bonds is 10. The van der Waals surface area contributed by atoms with Gasteiger partial charge in [-0.15, -0.1) is 0 Å². The van der Waals surface area contributed by atoms with E-state index < -0.39 is 0 Å². The Bertz CT molecular complexity index is 2200. The molecular weight excluding hydrogens is 638 g/mol. The molecule has 0 N–H and O–H groups in total. The summed E-state index contributed by atoms with van der Waals surface area (Å²) in [6.07, 6.45) is 7.96. The van der Waals surface area contributed by atoms with E-state index in [1.807, 2.05) is 47.5 Å². The van der Waals surface area contributed by atoms with Crippen molar-refractivity contribution in [3.63, 3.8) is 0 Å². The second kappa shape index (κ2) is 13.7. The van der Waals surface area contributed by atoms with Gasteiger partial charge in [0, 0.05) is 47.2 Å². The lowest BCUT2D eigenvalue weighted by atomic mass is 10.00. The second-order valence-electron chi connectivity index (χ2n) is 12.8. The molecule has 1 amide bonds. The number of ether oxygens (including phenoxy) is 4. The van der Waals surface area contributed by atoms with E-state index in [1.54, 1.807) is 27.4 Å². The van der Waals surface area contributed by atoms with Crippen molar-refractivity contribution in [2.45, 2.75) is 25.4 Å². The lowest BCUT2D eigenvalue weighted by Gasteiger charge is -2.20. The van der Waals surface area contributed by atoms with Gasteiger partial charge in [-0.25, -0.2) is 0 Å². The van der Waals surface area contributed by atoms with Crippen molar-refractivity contribution in [1.82, 2.24) is 9.47 Å². The number of carbonyl (C=O) groups excluding carboxylic acids is 1. The molecule has 6 aromatic rings. The zero-order valence-electron chi connectivity index (χ0n) is 29.0. The molecule has 8 heteroatoms. The molecule has 1 saturated heterocycles. The van der Waals surface area contributed by atoms with Gasteiger partial charge >= 0.3 is 0 Å². The Morgan fingerprint density at radius 2 is 1.31 bits per heavy atom. The van der Waals surface area contributed by atoms with Crippen LogP contribution < -0.4 is 18.9 Å². The lowest BCUT2D eigenvalue weighted by Crippen LogP contribution is -2.35. The summed E-state index contributed by atoms with van der Waals surface area (Å²) < 4.78 is 24.9. The van der Waals surface area contributed by atoms with E-state index in [2.05, 4.69) is 76.3 Å². The zero-order chi connectivity index (χ0) is 34.9. The van der Waals surface area contributed by atoms with Crippen LogP contribution in [0.1, 0.15) is 23.2 Å². The fourth-order valence-electron chi connectivity index (χ4n) is 7.23. The molecule has 0 spiro atoms. The zero-order valence-corrected chi connectivity index (χ0v) is 29.0. The smallest absolute Gasteiger partial charge is 0.256 e. The van der Waals surface area contributed by atoms with Gasteiger partial charge in [0.15, 0.2) is 11.5 Å². The Morgan fingerprint density at radius 3 is 1.90 bits per heavy atom. The molecule has 0 unspecified atom stereocenters. The molecule has 51 heavy (non-hydrogen) atoms. The molecule has 0 saturated carbocycles. The standard InChI is InChI=1S/C43H39N3O5/c1-48-33-14-8-28(9-15-33)30-12-18-39-35(23-30)36-24-31(29-10-16-34(49-2)17-11-29)13-19-40(36)46(39)20-4-5-22-51-42-26-38-37(25-41(42)50-3)43(47)45-21-6-7-32(45)27-44-38/h4-5,8-19,23-27,32H,6-7,20-22H2,1-3H3/b5-4-/t32-/m0/s1. The minimum atomic E-state index is -0.00633. The summed E-state index contributed by atoms with van der Waals surface area (Å²) in [7, 11) is 4.96. The third-order valence-corrected chi connectivity index (χ3v) is 9.96. The van der Waals surface area contributed by atoms with Crippen LogP contribution in [-0.2, 0) is 6.54 Å². The Hall–Kier alpha value is -6.02. The van der Waals surface area contributed by atoms with Gasteiger partial charge in [-0.05, 0) is 95.8 Å². The molecule has 1 atom stereocenters. The maximum atomic E-state index is 13.3. The van der Waals surface area contributed by atoms with Gasteiger partial charge in [0.25, 0.3) is 5.91 Å². The summed E-state index contributed by atoms with van der Waals surface area (Å²) in [5.41, 5.74) is 8.00. The van der Waals surface area contributed by atoms with E-state index in [1.165, 1.54) is 10.8 Å². The number of allylic oxidation sites excluding steroid dienone is 1. The van der Waals surface area contributed by atoms with E-state index >= 15 is 0 Å². The first-order valence-corrected chi connectivity index (χ1v) is 17.2. The molecule has 0 radical (unpaired) electrons. The van der Waals surface area contributed by atoms with Crippen molar-refractivity contribution >= 4 is 39.6 Å². The number of amides is 1. The molecule has 256 valence electrons. The summed E-state index contributed by atoms with van der Waals surface area (Å²) in [5, 5.41) is 2.37. The number of fused-ring (bicyclic) bond motifs is 5. The van der Waals surface area contributed by atoms with E-state index in [0.717, 1.165) is 64.2 Å². The highest BCUT2D eigenvalue weighted by Gasteiger charge is 2.32. The lowest BCUT2D eigenvalue weighted by molar-refractivity contribution is 0.0774. The van der Waals surface area contributed by atoms with Gasteiger partial charge in [0.05, 0.1) is 38.6 Å². The van der Waals surface area contributed by atoms with Crippen LogP contribution in [0, 0.1) is 0 Å². The Labute approximate surface area is 297 Å². The fraction of sp³-hybridized carbons (Fsp3) is 0.209. The van der Waals surface area contributed by atoms with Crippen LogP contribution in [0.5, 0.6) is 23.0 Å². The highest BCUT2D eigenvalue weighted by Crippen LogP contribution is 2.39. The van der Waals surface area contributed by atoms with Crippen molar-refractivity contribution in [3.8, 4) is 45.3 Å². The summed E-state index contributed by atoms with van der Waals surface area (Å²) >= 11 is 0. The second-order valence-corrected chi connectivity index (χ2v) is 12.8. The molecule has 5 aromatic carbocycles. The predicted octanol–water partition coefficient (Wildman–Crippen LogP) is 9.11. The maximum Gasteiger partial charge on any atom is 0.256 e. The number of hydrogen-bond acceptors (Lipinski definition) is 6. The molecule has 3 heterocycles. The summed E-state index contributed by atoms with van der Waals surface area (Å²) in [6, 6.07) is 33.3. The number of carbonyl (C=O) groups is 1. The molecule has 0 aliphatic carbocycles. The van der Waals surface area contributed by atoms with E-state index in [-0.39, 0.29) is 11.9 Å². The molecule has 2 aliphatic heterocycles. The van der Waals surface area contributed by atoms with Crippen LogP contribution in [0.3, 0.4) is 0 Å². The summed E-state index contributed by atoms with van der Waals surface area (Å²) in [5.74, 6) is 2.74. The largest absolute Gasteiger partial charge is 0.497 e. The summed E-state index contributed by atoms with van der Waals surface area (Å²) in [4.78, 5) is 19.8. The first-order valence-electron chi connectivity index (χ1n) is 17.2. The minimum Gasteiger partial charge on any atom is -0.497 e. The number of nitrogens with zero attached hydrogens (tertiary/aromatic N) is 3. The van der Waals surface area contributed by atoms with Crippen LogP contribution in [0.4, 0.5) is 5.69 Å². The first-order chi connectivity index (χ1) is 25.0. The number of aromatic nitrogens is 1. The van der Waals surface area contributed by atoms with Crippen LogP contribution in [0.15, 0.2) is 114 Å². The van der Waals surface area contributed by atoms with Crippen molar-refractivity contribution in [2.75, 3.05) is 34.5 Å². The molecule has 1 fully saturated rings. The Balaban J connectivity index is 1.08. The molecular formula is C43H39N3O5. The van der Waals surface area contributed by atoms with Gasteiger partial charge in [-0.2, -0.15) is 0 Å². The third-order valence-electron chi connectivity index (χ3n) is 9.96. The topological polar surface area (TPSA) is 74.5 Å². The SMILES string of the molecule is COc1ccc(-c2ccc3c(c2)c2cc(-c4ccc(OC)cc4)ccc2n3C/C=C\COc2cc3c(cc2OC)C(=O)N2CCC[C@H]2C=N3)cc1. The Morgan fingerprint density at radius 1 is 0.706 bits per heavy atom. The number of aliphatic imine (C=N–C) groups is 1. The van der Waals surface area contributed by atoms with Crippen LogP contribution in [-0.4, -0.2) is 62.1 Å². The summed E-state index contributed by atoms with van der Waals surface area (Å²) in [6.45, 7) is 1.74. The molecule has 8 rings (SSSR count). The number of methoxy groups -OCH3 is 3. The molecule has 2 aliphatic rings. The first kappa shape index (κ1) is 32.2. The highest BCUT2D eigenvalue weighted by molar-refractivity contribution is 6.10. The van der Waals surface area contributed by atoms with Crippen LogP contribution >= 0.6 is 0 Å². The average molecular weight is 678 g/mol. The molecule has 8 nitrogen and oxygen atoms in total. The van der Waals surface area contributed by atoms with Gasteiger partial charge in [-0.3, -0.25) is 9.79 Å². The third kappa shape index (κ3) is 6.07. The van der Waals surface area contributed by atoms with E-state index in [9.17, 15) is 4.79 Å². The molecule has 1 aromatic heterocycles. The maximum absolute atomic E-state index is 13.3. The monoisotopic (exact) mass is 677 g/mol. The fourth-order valence-corrected chi connectivity index (χ4v) is 7.23. The van der Waals surface area contributed by atoms with Gasteiger partial charge in [0.2, 0.25) is 0 Å². The Kier molecular flexibility index (Phi) is 8.66. The van der Waals surface area contributed by atoms with Crippen LogP contribution in [0.25, 0.3) is 44.1 Å². The van der Waals surface area contributed by atoms with Crippen molar-refractivity contribution in [3.05, 3.63) is 115 Å². The molecule has 0 bridgehead atoms. The van der Waals surface area contributed by atoms with Crippen LogP contribution in [0.2, 0.25) is 0 Å². The van der Waals surface area contributed by atoms with Crippen molar-refractivity contribution < 1.29 is 23.7 Å². The van der Waals surface area contributed by atoms with Gasteiger partial charge < -0.3 is 28.4 Å². The minimum absolute atomic E-state index is 0.00633. The van der Waals surface area contributed by atoms with E-state index in [0.29, 0.717) is 35.9 Å². The van der Waals surface area contributed by atoms with Crippen molar-refractivity contribution in [1.29, 1.82) is 0 Å².